The molecule has 15 nitrogen and oxygen atoms in total. The first-order valence-corrected chi connectivity index (χ1v) is 17.4. The summed E-state index contributed by atoms with van der Waals surface area (Å²) in [4.78, 5) is 60.0. The Morgan fingerprint density at radius 3 is 2.34 bits per heavy atom. The van der Waals surface area contributed by atoms with Gasteiger partial charge in [0.1, 0.15) is 22.3 Å². The van der Waals surface area contributed by atoms with Crippen molar-refractivity contribution >= 4 is 79.7 Å². The van der Waals surface area contributed by atoms with Gasteiger partial charge in [-0.2, -0.15) is 15.0 Å². The molecule has 1 aliphatic carbocycles. The Hall–Kier alpha value is -4.87. The number of carboxylic acid groups (broad SMARTS) is 1. The van der Waals surface area contributed by atoms with Gasteiger partial charge in [0.05, 0.1) is 23.4 Å². The van der Waals surface area contributed by atoms with E-state index in [-0.39, 0.29) is 34.2 Å². The molecule has 50 heavy (non-hydrogen) atoms. The van der Waals surface area contributed by atoms with Crippen LogP contribution in [-0.4, -0.2) is 65.5 Å². The van der Waals surface area contributed by atoms with Crippen LogP contribution in [0.4, 0.5) is 20.8 Å². The SMILES string of the molecule is C#CC(C)Oc1cc(N2C(=O)C3=C(CCCC3)C2=O)c(F)cc1Cl.COc1nc(C)nc(NC(=O)NS(=O)(=O)c2cc(I)ccc2C(=O)O)n1. The normalized spacial score (nSPS) is 14.5. The lowest BCUT2D eigenvalue weighted by Gasteiger charge is -2.19. The van der Waals surface area contributed by atoms with Gasteiger partial charge in [0, 0.05) is 20.8 Å². The van der Waals surface area contributed by atoms with E-state index in [1.165, 1.54) is 26.2 Å². The van der Waals surface area contributed by atoms with E-state index < -0.39 is 56.2 Å². The quantitative estimate of drug-likeness (QED) is 0.161. The number of anilines is 2. The molecular formula is C31H27ClFIN6O9S. The van der Waals surface area contributed by atoms with Crippen molar-refractivity contribution in [2.45, 2.75) is 50.5 Å². The molecule has 5 rings (SSSR count). The molecule has 1 unspecified atom stereocenters. The number of benzene rings is 2. The lowest BCUT2D eigenvalue weighted by Crippen LogP contribution is -2.35. The Morgan fingerprint density at radius 1 is 1.12 bits per heavy atom. The monoisotopic (exact) mass is 840 g/mol. The van der Waals surface area contributed by atoms with E-state index in [9.17, 15) is 32.0 Å². The molecule has 0 fully saturated rings. The first kappa shape index (κ1) is 37.9. The smallest absolute Gasteiger partial charge is 0.337 e. The van der Waals surface area contributed by atoms with Crippen LogP contribution in [0.5, 0.6) is 11.8 Å². The van der Waals surface area contributed by atoms with E-state index in [0.29, 0.717) is 27.6 Å². The number of nitrogens with one attached hydrogen (secondary N) is 2. The van der Waals surface area contributed by atoms with Gasteiger partial charge in [0.2, 0.25) is 5.95 Å². The highest BCUT2D eigenvalue weighted by atomic mass is 127. The van der Waals surface area contributed by atoms with Crippen molar-refractivity contribution < 1.29 is 46.6 Å². The van der Waals surface area contributed by atoms with Crippen LogP contribution in [0.3, 0.4) is 0 Å². The van der Waals surface area contributed by atoms with Crippen molar-refractivity contribution in [3.8, 4) is 24.1 Å². The number of hydrogen-bond donors (Lipinski definition) is 3. The van der Waals surface area contributed by atoms with E-state index in [1.54, 1.807) is 11.6 Å². The maximum atomic E-state index is 14.4. The van der Waals surface area contributed by atoms with Gasteiger partial charge in [0.25, 0.3) is 21.8 Å². The van der Waals surface area contributed by atoms with Gasteiger partial charge >= 0.3 is 18.0 Å². The molecule has 0 saturated heterocycles. The van der Waals surface area contributed by atoms with Crippen LogP contribution in [-0.2, 0) is 19.6 Å². The molecule has 3 aromatic rings. The number of amides is 4. The molecule has 2 heterocycles. The summed E-state index contributed by atoms with van der Waals surface area (Å²) in [5.41, 5.74) is 0.339. The predicted octanol–water partition coefficient (Wildman–Crippen LogP) is 4.63. The third-order valence-corrected chi connectivity index (χ3v) is 9.33. The number of carboxylic acids is 1. The van der Waals surface area contributed by atoms with Crippen LogP contribution in [0, 0.1) is 28.7 Å². The zero-order valence-corrected chi connectivity index (χ0v) is 30.1. The highest BCUT2D eigenvalue weighted by Gasteiger charge is 2.41. The third kappa shape index (κ3) is 8.64. The molecule has 1 aromatic heterocycles. The molecule has 0 saturated carbocycles. The highest BCUT2D eigenvalue weighted by Crippen LogP contribution is 2.39. The van der Waals surface area contributed by atoms with Crippen LogP contribution in [0.2, 0.25) is 5.02 Å². The van der Waals surface area contributed by atoms with Gasteiger partial charge in [-0.05, 0) is 86.4 Å². The first-order valence-electron chi connectivity index (χ1n) is 14.4. The average Bonchev–Trinajstić information content (AvgIpc) is 3.30. The number of carbonyl (C=O) groups is 4. The summed E-state index contributed by atoms with van der Waals surface area (Å²) in [5, 5.41) is 11.3. The van der Waals surface area contributed by atoms with Crippen molar-refractivity contribution in [2.24, 2.45) is 0 Å². The number of hydrogen-bond acceptors (Lipinski definition) is 11. The number of rotatable bonds is 8. The van der Waals surface area contributed by atoms with Gasteiger partial charge in [-0.3, -0.25) is 14.9 Å². The molecule has 1 atom stereocenters. The molecule has 262 valence electrons. The van der Waals surface area contributed by atoms with Crippen LogP contribution >= 0.6 is 34.2 Å². The van der Waals surface area contributed by atoms with E-state index >= 15 is 0 Å². The number of nitrogens with zero attached hydrogens (tertiary/aromatic N) is 4. The summed E-state index contributed by atoms with van der Waals surface area (Å²) < 4.78 is 51.6. The average molecular weight is 841 g/mol. The zero-order valence-electron chi connectivity index (χ0n) is 26.4. The lowest BCUT2D eigenvalue weighted by molar-refractivity contribution is -0.120. The number of aryl methyl sites for hydroxylation is 1. The molecule has 4 amide bonds. The van der Waals surface area contributed by atoms with Gasteiger partial charge in [0.15, 0.2) is 6.10 Å². The number of urea groups is 1. The van der Waals surface area contributed by atoms with Crippen LogP contribution in [0.15, 0.2) is 46.4 Å². The minimum absolute atomic E-state index is 0.0233. The number of sulfonamides is 1. The number of imide groups is 1. The Bertz CT molecular complexity index is 2060. The number of halogens is 3. The van der Waals surface area contributed by atoms with Crippen molar-refractivity contribution in [3.05, 3.63) is 67.3 Å². The predicted molar refractivity (Wildman–Crippen MR) is 185 cm³/mol. The fourth-order valence-corrected chi connectivity index (χ4v) is 6.80. The topological polar surface area (TPSA) is 207 Å². The van der Waals surface area contributed by atoms with Crippen molar-refractivity contribution in [3.63, 3.8) is 0 Å². The van der Waals surface area contributed by atoms with E-state index in [2.05, 4.69) is 26.2 Å². The molecule has 2 aliphatic rings. The molecule has 0 bridgehead atoms. The van der Waals surface area contributed by atoms with E-state index in [0.717, 1.165) is 35.9 Å². The first-order chi connectivity index (χ1) is 23.6. The van der Waals surface area contributed by atoms with Crippen molar-refractivity contribution in [1.29, 1.82) is 0 Å². The Kier molecular flexibility index (Phi) is 12.0. The lowest BCUT2D eigenvalue weighted by atomic mass is 9.93. The molecule has 1 aliphatic heterocycles. The maximum Gasteiger partial charge on any atom is 0.337 e. The number of ether oxygens (including phenoxy) is 2. The number of methoxy groups -OCH3 is 1. The highest BCUT2D eigenvalue weighted by molar-refractivity contribution is 14.1. The number of terminal acetylenes is 1. The summed E-state index contributed by atoms with van der Waals surface area (Å²) in [7, 11) is -3.14. The Balaban J connectivity index is 0.000000225. The molecule has 0 radical (unpaired) electrons. The van der Waals surface area contributed by atoms with Crippen LogP contribution < -0.4 is 24.4 Å². The minimum Gasteiger partial charge on any atom is -0.478 e. The largest absolute Gasteiger partial charge is 0.478 e. The number of aromatic nitrogens is 3. The summed E-state index contributed by atoms with van der Waals surface area (Å²) >= 11 is 7.79. The molecule has 19 heteroatoms. The van der Waals surface area contributed by atoms with Crippen molar-refractivity contribution in [1.82, 2.24) is 19.7 Å². The Morgan fingerprint density at radius 2 is 1.76 bits per heavy atom. The maximum absolute atomic E-state index is 14.4. The molecule has 0 spiro atoms. The fraction of sp³-hybridized carbons (Fsp3) is 0.258. The minimum atomic E-state index is -4.45. The van der Waals surface area contributed by atoms with E-state index in [1.807, 2.05) is 22.6 Å². The summed E-state index contributed by atoms with van der Waals surface area (Å²) in [6.45, 7) is 3.15. The van der Waals surface area contributed by atoms with Gasteiger partial charge in [-0.1, -0.05) is 17.5 Å². The fourth-order valence-electron chi connectivity index (χ4n) is 4.77. The summed E-state index contributed by atoms with van der Waals surface area (Å²) in [6.07, 6.45) is 7.47. The van der Waals surface area contributed by atoms with Crippen molar-refractivity contribution in [2.75, 3.05) is 17.3 Å². The molecule has 3 N–H and O–H groups in total. The second-order valence-corrected chi connectivity index (χ2v) is 13.8. The second kappa shape index (κ2) is 15.8. The number of carbonyl (C=O) groups excluding carboxylic acids is 3. The summed E-state index contributed by atoms with van der Waals surface area (Å²) in [6, 6.07) is 4.73. The molecule has 2 aromatic carbocycles. The second-order valence-electron chi connectivity index (χ2n) is 10.5. The van der Waals surface area contributed by atoms with Crippen LogP contribution in [0.25, 0.3) is 0 Å². The van der Waals surface area contributed by atoms with Gasteiger partial charge < -0.3 is 14.6 Å². The number of aromatic carboxylic acids is 1. The van der Waals surface area contributed by atoms with Crippen LogP contribution in [0.1, 0.15) is 48.8 Å². The third-order valence-electron chi connectivity index (χ3n) is 7.00. The van der Waals surface area contributed by atoms with Gasteiger partial charge in [-0.15, -0.1) is 6.42 Å². The summed E-state index contributed by atoms with van der Waals surface area (Å²) in [5.74, 6) is -0.633. The zero-order chi connectivity index (χ0) is 36.9. The van der Waals surface area contributed by atoms with Gasteiger partial charge in [-0.25, -0.2) is 32.0 Å². The standard InChI is InChI=1S/C18H15ClFNO3.C13H12IN5O6S/c1-3-10(2)24-16-9-15(14(20)8-13(16)19)21-17(22)11-6-4-5-7-12(11)18(21)23;1-6-15-11(18-13(16-6)25-2)17-12(22)19-26(23,24)9-5-7(14)3-4-8(9)10(20)21/h1,8-10H,4-7H2,2H3;3-5H,1-2H3,(H,20,21)(H2,15,16,17,18,19,22). The Labute approximate surface area is 303 Å². The van der Waals surface area contributed by atoms with E-state index in [4.69, 9.17) is 32.6 Å². The molecular weight excluding hydrogens is 814 g/mol.